The van der Waals surface area contributed by atoms with Crippen LogP contribution >= 0.6 is 0 Å². The summed E-state index contributed by atoms with van der Waals surface area (Å²) in [5.41, 5.74) is 0.915. The lowest BCUT2D eigenvalue weighted by Gasteiger charge is -2.33. The third-order valence-electron chi connectivity index (χ3n) is 3.49. The highest BCUT2D eigenvalue weighted by atomic mass is 19.3. The Labute approximate surface area is 117 Å². The van der Waals surface area contributed by atoms with Crippen LogP contribution in [-0.4, -0.2) is 31.1 Å². The normalized spacial score (nSPS) is 17.5. The molecule has 0 amide bonds. The third-order valence-corrected chi connectivity index (χ3v) is 3.49. The number of tetrazole rings is 1. The molecule has 1 aromatic carbocycles. The predicted octanol–water partition coefficient (Wildman–Crippen LogP) is 2.53. The molecule has 0 atom stereocenters. The molecule has 9 heteroatoms. The minimum atomic E-state index is -2.67. The van der Waals surface area contributed by atoms with E-state index in [2.05, 4.69) is 15.4 Å². The number of rotatable bonds is 3. The number of halogens is 2. The van der Waals surface area contributed by atoms with Gasteiger partial charge < -0.3 is 0 Å². The zero-order valence-electron chi connectivity index (χ0n) is 11.0. The smallest absolute Gasteiger partial charge is 0.258 e. The van der Waals surface area contributed by atoms with Crippen LogP contribution in [-0.2, 0) is 0 Å². The molecule has 7 nitrogen and oxygen atoms in total. The first-order valence-electron chi connectivity index (χ1n) is 6.28. The van der Waals surface area contributed by atoms with Crippen molar-refractivity contribution < 1.29 is 13.7 Å². The Morgan fingerprint density at radius 1 is 1.43 bits per heavy atom. The van der Waals surface area contributed by atoms with Crippen LogP contribution in [0.3, 0.4) is 0 Å². The molecular weight excluding hydrogens is 284 g/mol. The molecule has 0 aliphatic heterocycles. The summed E-state index contributed by atoms with van der Waals surface area (Å²) in [5, 5.41) is 22.5. The summed E-state index contributed by atoms with van der Waals surface area (Å²) in [5.74, 6) is -2.48. The number of aryl methyl sites for hydroxylation is 1. The van der Waals surface area contributed by atoms with Gasteiger partial charge in [-0.25, -0.2) is 8.78 Å². The summed E-state index contributed by atoms with van der Waals surface area (Å²) in [6, 6.07) is 4.11. The average molecular weight is 295 g/mol. The van der Waals surface area contributed by atoms with Crippen LogP contribution < -0.4 is 0 Å². The van der Waals surface area contributed by atoms with Gasteiger partial charge in [0.15, 0.2) is 0 Å². The number of alkyl halides is 2. The zero-order valence-corrected chi connectivity index (χ0v) is 11.0. The fraction of sp³-hybridized carbons (Fsp3) is 0.417. The lowest BCUT2D eigenvalue weighted by Crippen LogP contribution is -2.38. The second kappa shape index (κ2) is 4.54. The molecule has 21 heavy (non-hydrogen) atoms. The first kappa shape index (κ1) is 13.5. The molecule has 1 fully saturated rings. The van der Waals surface area contributed by atoms with E-state index in [0.717, 1.165) is 4.80 Å². The summed E-state index contributed by atoms with van der Waals surface area (Å²) in [4.78, 5) is 11.6. The van der Waals surface area contributed by atoms with Crippen molar-refractivity contribution in [2.45, 2.75) is 31.7 Å². The predicted molar refractivity (Wildman–Crippen MR) is 67.9 cm³/mol. The molecule has 0 N–H and O–H groups in total. The highest BCUT2D eigenvalue weighted by Gasteiger charge is 2.47. The van der Waals surface area contributed by atoms with E-state index in [1.807, 2.05) is 0 Å². The Morgan fingerprint density at radius 3 is 2.76 bits per heavy atom. The minimum absolute atomic E-state index is 0.0426. The molecular formula is C12H11F2N5O2. The third kappa shape index (κ3) is 2.46. The largest absolute Gasteiger partial charge is 0.273 e. The van der Waals surface area contributed by atoms with E-state index >= 15 is 0 Å². The standard InChI is InChI=1S/C12H11F2N5O2/c1-7-2-3-8(4-10(7)19(20)21)11-15-17-18(16-11)9-5-12(13,14)6-9/h2-4,9H,5-6H2,1H3. The summed E-state index contributed by atoms with van der Waals surface area (Å²) >= 11 is 0. The Hall–Kier alpha value is -2.45. The van der Waals surface area contributed by atoms with Crippen molar-refractivity contribution in [1.82, 2.24) is 20.2 Å². The van der Waals surface area contributed by atoms with Crippen molar-refractivity contribution in [3.63, 3.8) is 0 Å². The van der Waals surface area contributed by atoms with Gasteiger partial charge in [0.25, 0.3) is 11.6 Å². The number of hydrogen-bond acceptors (Lipinski definition) is 5. The molecule has 0 radical (unpaired) electrons. The van der Waals surface area contributed by atoms with Crippen LogP contribution in [0.5, 0.6) is 0 Å². The topological polar surface area (TPSA) is 86.7 Å². The number of nitrogens with zero attached hydrogens (tertiary/aromatic N) is 5. The maximum absolute atomic E-state index is 12.8. The van der Waals surface area contributed by atoms with E-state index in [-0.39, 0.29) is 24.4 Å². The van der Waals surface area contributed by atoms with E-state index < -0.39 is 16.9 Å². The quantitative estimate of drug-likeness (QED) is 0.641. The van der Waals surface area contributed by atoms with E-state index in [0.29, 0.717) is 11.1 Å². The molecule has 1 aliphatic carbocycles. The average Bonchev–Trinajstić information content (AvgIpc) is 2.85. The number of aromatic nitrogens is 4. The van der Waals surface area contributed by atoms with Crippen molar-refractivity contribution >= 4 is 5.69 Å². The monoisotopic (exact) mass is 295 g/mol. The van der Waals surface area contributed by atoms with Gasteiger partial charge in [-0.3, -0.25) is 10.1 Å². The number of benzene rings is 1. The van der Waals surface area contributed by atoms with Crippen LogP contribution in [0.2, 0.25) is 0 Å². The Kier molecular flexibility index (Phi) is 2.92. The van der Waals surface area contributed by atoms with E-state index in [1.54, 1.807) is 19.1 Å². The van der Waals surface area contributed by atoms with Crippen molar-refractivity contribution in [2.24, 2.45) is 0 Å². The Bertz CT molecular complexity index is 707. The van der Waals surface area contributed by atoms with E-state index in [4.69, 9.17) is 0 Å². The number of hydrogen-bond donors (Lipinski definition) is 0. The molecule has 1 aromatic heterocycles. The molecule has 2 aromatic rings. The highest BCUT2D eigenvalue weighted by molar-refractivity contribution is 5.60. The molecule has 1 aliphatic rings. The van der Waals surface area contributed by atoms with Gasteiger partial charge in [-0.15, -0.1) is 10.2 Å². The Morgan fingerprint density at radius 2 is 2.14 bits per heavy atom. The van der Waals surface area contributed by atoms with Crippen LogP contribution in [0, 0.1) is 17.0 Å². The zero-order chi connectivity index (χ0) is 15.2. The molecule has 0 spiro atoms. The van der Waals surface area contributed by atoms with E-state index in [9.17, 15) is 18.9 Å². The van der Waals surface area contributed by atoms with Crippen LogP contribution in [0.15, 0.2) is 18.2 Å². The van der Waals surface area contributed by atoms with Crippen molar-refractivity contribution in [3.05, 3.63) is 33.9 Å². The number of nitro benzene ring substituents is 1. The summed E-state index contributed by atoms with van der Waals surface area (Å²) < 4.78 is 25.7. The van der Waals surface area contributed by atoms with Gasteiger partial charge in [-0.1, -0.05) is 12.1 Å². The van der Waals surface area contributed by atoms with Crippen LogP contribution in [0.4, 0.5) is 14.5 Å². The summed E-state index contributed by atoms with van der Waals surface area (Å²) in [7, 11) is 0. The summed E-state index contributed by atoms with van der Waals surface area (Å²) in [6.07, 6.45) is -0.617. The van der Waals surface area contributed by atoms with Gasteiger partial charge in [-0.05, 0) is 12.1 Å². The molecule has 0 saturated heterocycles. The van der Waals surface area contributed by atoms with Crippen LogP contribution in [0.25, 0.3) is 11.4 Å². The fourth-order valence-electron chi connectivity index (χ4n) is 2.23. The molecule has 3 rings (SSSR count). The van der Waals surface area contributed by atoms with Gasteiger partial charge in [-0.2, -0.15) is 4.80 Å². The van der Waals surface area contributed by atoms with Gasteiger partial charge in [0.2, 0.25) is 5.82 Å². The lowest BCUT2D eigenvalue weighted by molar-refractivity contribution is -0.385. The van der Waals surface area contributed by atoms with E-state index in [1.165, 1.54) is 6.07 Å². The molecule has 110 valence electrons. The first-order chi connectivity index (χ1) is 9.85. The number of nitro groups is 1. The van der Waals surface area contributed by atoms with Gasteiger partial charge >= 0.3 is 0 Å². The van der Waals surface area contributed by atoms with Crippen molar-refractivity contribution in [1.29, 1.82) is 0 Å². The minimum Gasteiger partial charge on any atom is -0.258 e. The fourth-order valence-corrected chi connectivity index (χ4v) is 2.23. The second-order valence-electron chi connectivity index (χ2n) is 5.11. The van der Waals surface area contributed by atoms with Gasteiger partial charge in [0, 0.05) is 30.0 Å². The Balaban J connectivity index is 1.87. The van der Waals surface area contributed by atoms with Gasteiger partial charge in [0.1, 0.15) is 0 Å². The van der Waals surface area contributed by atoms with Crippen molar-refractivity contribution in [3.8, 4) is 11.4 Å². The molecule has 1 saturated carbocycles. The van der Waals surface area contributed by atoms with Crippen molar-refractivity contribution in [2.75, 3.05) is 0 Å². The molecule has 0 bridgehead atoms. The second-order valence-corrected chi connectivity index (χ2v) is 5.11. The SMILES string of the molecule is Cc1ccc(-c2nnn(C3CC(F)(F)C3)n2)cc1[N+](=O)[O-]. The van der Waals surface area contributed by atoms with Gasteiger partial charge in [0.05, 0.1) is 11.0 Å². The first-order valence-corrected chi connectivity index (χ1v) is 6.28. The maximum Gasteiger partial charge on any atom is 0.273 e. The molecule has 1 heterocycles. The lowest BCUT2D eigenvalue weighted by atomic mass is 9.89. The molecule has 0 unspecified atom stereocenters. The highest BCUT2D eigenvalue weighted by Crippen LogP contribution is 2.44. The van der Waals surface area contributed by atoms with Crippen LogP contribution in [0.1, 0.15) is 24.4 Å². The maximum atomic E-state index is 12.8. The summed E-state index contributed by atoms with van der Waals surface area (Å²) in [6.45, 7) is 1.63.